The molecule has 116 valence electrons. The second-order valence-electron chi connectivity index (χ2n) is 4.82. The SMILES string of the molecule is CCNC(=O)C(CC)N(Cc1ccc(Cl)cc1)C(=O)CC. The van der Waals surface area contributed by atoms with Crippen molar-refractivity contribution in [3.05, 3.63) is 34.9 Å². The van der Waals surface area contributed by atoms with Gasteiger partial charge in [0.2, 0.25) is 11.8 Å². The van der Waals surface area contributed by atoms with Gasteiger partial charge in [-0.2, -0.15) is 0 Å². The average Bonchev–Trinajstić information content (AvgIpc) is 2.48. The van der Waals surface area contributed by atoms with Gasteiger partial charge in [0, 0.05) is 24.5 Å². The first-order chi connectivity index (χ1) is 10.0. The summed E-state index contributed by atoms with van der Waals surface area (Å²) in [5, 5.41) is 3.45. The molecule has 4 nitrogen and oxygen atoms in total. The predicted octanol–water partition coefficient (Wildman–Crippen LogP) is 2.99. The van der Waals surface area contributed by atoms with Crippen LogP contribution in [-0.2, 0) is 16.1 Å². The lowest BCUT2D eigenvalue weighted by Gasteiger charge is -2.30. The smallest absolute Gasteiger partial charge is 0.242 e. The Hall–Kier alpha value is -1.55. The van der Waals surface area contributed by atoms with E-state index in [-0.39, 0.29) is 11.8 Å². The maximum atomic E-state index is 12.2. The number of benzene rings is 1. The van der Waals surface area contributed by atoms with E-state index in [0.717, 1.165) is 5.56 Å². The molecule has 0 fully saturated rings. The van der Waals surface area contributed by atoms with Gasteiger partial charge in [-0.15, -0.1) is 0 Å². The van der Waals surface area contributed by atoms with Gasteiger partial charge >= 0.3 is 0 Å². The molecule has 1 atom stereocenters. The van der Waals surface area contributed by atoms with Gasteiger partial charge in [-0.1, -0.05) is 37.6 Å². The molecule has 0 spiro atoms. The lowest BCUT2D eigenvalue weighted by Crippen LogP contribution is -2.48. The monoisotopic (exact) mass is 310 g/mol. The molecular weight excluding hydrogens is 288 g/mol. The van der Waals surface area contributed by atoms with Crippen molar-refractivity contribution in [1.29, 1.82) is 0 Å². The minimum absolute atomic E-state index is 0.0250. The molecule has 0 saturated carbocycles. The molecule has 1 N–H and O–H groups in total. The first-order valence-corrected chi connectivity index (χ1v) is 7.72. The van der Waals surface area contributed by atoms with Crippen LogP contribution in [0.3, 0.4) is 0 Å². The van der Waals surface area contributed by atoms with Crippen LogP contribution in [0.2, 0.25) is 5.02 Å². The van der Waals surface area contributed by atoms with Crippen LogP contribution in [0.25, 0.3) is 0 Å². The summed E-state index contributed by atoms with van der Waals surface area (Å²) in [6.45, 7) is 6.57. The van der Waals surface area contributed by atoms with Gasteiger partial charge in [0.15, 0.2) is 0 Å². The Kier molecular flexibility index (Phi) is 7.23. The molecule has 0 radical (unpaired) electrons. The number of hydrogen-bond acceptors (Lipinski definition) is 2. The largest absolute Gasteiger partial charge is 0.355 e. The third kappa shape index (κ3) is 5.05. The second-order valence-corrected chi connectivity index (χ2v) is 5.26. The highest BCUT2D eigenvalue weighted by molar-refractivity contribution is 6.30. The minimum Gasteiger partial charge on any atom is -0.355 e. The molecule has 0 bridgehead atoms. The van der Waals surface area contributed by atoms with Crippen LogP contribution >= 0.6 is 11.6 Å². The average molecular weight is 311 g/mol. The van der Waals surface area contributed by atoms with Gasteiger partial charge in [0.1, 0.15) is 6.04 Å². The van der Waals surface area contributed by atoms with Crippen molar-refractivity contribution >= 4 is 23.4 Å². The van der Waals surface area contributed by atoms with Crippen molar-refractivity contribution in [3.63, 3.8) is 0 Å². The highest BCUT2D eigenvalue weighted by Crippen LogP contribution is 2.15. The van der Waals surface area contributed by atoms with E-state index < -0.39 is 6.04 Å². The zero-order valence-electron chi connectivity index (χ0n) is 12.9. The second kappa shape index (κ2) is 8.67. The summed E-state index contributed by atoms with van der Waals surface area (Å²) in [5.41, 5.74) is 0.962. The van der Waals surface area contributed by atoms with E-state index in [9.17, 15) is 9.59 Å². The molecule has 0 saturated heterocycles. The number of carbonyl (C=O) groups excluding carboxylic acids is 2. The molecule has 1 rings (SSSR count). The number of carbonyl (C=O) groups is 2. The van der Waals surface area contributed by atoms with Gasteiger partial charge in [0.05, 0.1) is 0 Å². The van der Waals surface area contributed by atoms with Crippen molar-refractivity contribution in [1.82, 2.24) is 10.2 Å². The van der Waals surface area contributed by atoms with E-state index in [1.165, 1.54) is 0 Å². The zero-order chi connectivity index (χ0) is 15.8. The summed E-state index contributed by atoms with van der Waals surface area (Å²) in [4.78, 5) is 26.0. The Balaban J connectivity index is 2.95. The lowest BCUT2D eigenvalue weighted by atomic mass is 10.1. The molecule has 0 aliphatic heterocycles. The van der Waals surface area contributed by atoms with Gasteiger partial charge in [-0.05, 0) is 31.0 Å². The van der Waals surface area contributed by atoms with Crippen molar-refractivity contribution < 1.29 is 9.59 Å². The van der Waals surface area contributed by atoms with Crippen LogP contribution in [0.1, 0.15) is 39.2 Å². The maximum Gasteiger partial charge on any atom is 0.242 e. The Labute approximate surface area is 131 Å². The Morgan fingerprint density at radius 2 is 1.81 bits per heavy atom. The van der Waals surface area contributed by atoms with E-state index in [1.54, 1.807) is 17.0 Å². The van der Waals surface area contributed by atoms with Crippen LogP contribution in [0.4, 0.5) is 0 Å². The normalized spacial score (nSPS) is 11.8. The summed E-state index contributed by atoms with van der Waals surface area (Å²) in [6, 6.07) is 6.90. The van der Waals surface area contributed by atoms with Crippen LogP contribution in [-0.4, -0.2) is 29.3 Å². The quantitative estimate of drug-likeness (QED) is 0.841. The molecule has 1 aromatic rings. The number of nitrogens with one attached hydrogen (secondary N) is 1. The molecule has 1 aromatic carbocycles. The Morgan fingerprint density at radius 3 is 2.29 bits per heavy atom. The van der Waals surface area contributed by atoms with Crippen molar-refractivity contribution in [3.8, 4) is 0 Å². The number of rotatable bonds is 7. The molecule has 0 aromatic heterocycles. The summed E-state index contributed by atoms with van der Waals surface area (Å²) in [7, 11) is 0. The predicted molar refractivity (Wildman–Crippen MR) is 85.1 cm³/mol. The molecule has 21 heavy (non-hydrogen) atoms. The molecule has 0 aliphatic carbocycles. The Morgan fingerprint density at radius 1 is 1.19 bits per heavy atom. The van der Waals surface area contributed by atoms with Crippen molar-refractivity contribution in [2.45, 2.75) is 46.2 Å². The highest BCUT2D eigenvalue weighted by Gasteiger charge is 2.27. The molecule has 1 unspecified atom stereocenters. The van der Waals surface area contributed by atoms with Crippen LogP contribution in [0.15, 0.2) is 24.3 Å². The van der Waals surface area contributed by atoms with Crippen molar-refractivity contribution in [2.75, 3.05) is 6.54 Å². The molecule has 0 heterocycles. The summed E-state index contributed by atoms with van der Waals surface area (Å²) in [6.07, 6.45) is 0.967. The molecule has 2 amide bonds. The number of nitrogens with zero attached hydrogens (tertiary/aromatic N) is 1. The minimum atomic E-state index is -0.437. The van der Waals surface area contributed by atoms with Crippen molar-refractivity contribution in [2.24, 2.45) is 0 Å². The maximum absolute atomic E-state index is 12.2. The number of hydrogen-bond donors (Lipinski definition) is 1. The third-order valence-electron chi connectivity index (χ3n) is 3.31. The summed E-state index contributed by atoms with van der Waals surface area (Å²) < 4.78 is 0. The number of amides is 2. The Bertz CT molecular complexity index is 474. The molecule has 0 aliphatic rings. The van der Waals surface area contributed by atoms with Gasteiger partial charge in [-0.25, -0.2) is 0 Å². The van der Waals surface area contributed by atoms with Gasteiger partial charge in [0.25, 0.3) is 0 Å². The number of halogens is 1. The third-order valence-corrected chi connectivity index (χ3v) is 3.56. The van der Waals surface area contributed by atoms with Crippen LogP contribution in [0.5, 0.6) is 0 Å². The van der Waals surface area contributed by atoms with E-state index in [4.69, 9.17) is 11.6 Å². The topological polar surface area (TPSA) is 49.4 Å². The van der Waals surface area contributed by atoms with E-state index >= 15 is 0 Å². The van der Waals surface area contributed by atoms with Crippen LogP contribution < -0.4 is 5.32 Å². The summed E-state index contributed by atoms with van der Waals surface area (Å²) in [5.74, 6) is -0.126. The fourth-order valence-corrected chi connectivity index (χ4v) is 2.33. The fraction of sp³-hybridized carbons (Fsp3) is 0.500. The van der Waals surface area contributed by atoms with Gasteiger partial charge < -0.3 is 10.2 Å². The van der Waals surface area contributed by atoms with E-state index in [2.05, 4.69) is 5.32 Å². The summed E-state index contributed by atoms with van der Waals surface area (Å²) >= 11 is 5.87. The fourth-order valence-electron chi connectivity index (χ4n) is 2.20. The molecule has 5 heteroatoms. The molecular formula is C16H23ClN2O2. The number of likely N-dealkylation sites (N-methyl/N-ethyl adjacent to an activating group) is 1. The first-order valence-electron chi connectivity index (χ1n) is 7.35. The van der Waals surface area contributed by atoms with Gasteiger partial charge in [-0.3, -0.25) is 9.59 Å². The zero-order valence-corrected chi connectivity index (χ0v) is 13.6. The van der Waals surface area contributed by atoms with E-state index in [0.29, 0.717) is 31.0 Å². The van der Waals surface area contributed by atoms with E-state index in [1.807, 2.05) is 32.9 Å². The lowest BCUT2D eigenvalue weighted by molar-refractivity contribution is -0.141. The highest BCUT2D eigenvalue weighted by atomic mass is 35.5. The first kappa shape index (κ1) is 17.5. The standard InChI is InChI=1S/C16H23ClN2O2/c1-4-14(16(21)18-6-3)19(15(20)5-2)11-12-7-9-13(17)10-8-12/h7-10,14H,4-6,11H2,1-3H3,(H,18,21). The van der Waals surface area contributed by atoms with Crippen LogP contribution in [0, 0.1) is 0 Å².